The summed E-state index contributed by atoms with van der Waals surface area (Å²) in [5.41, 5.74) is 11.0. The van der Waals surface area contributed by atoms with Gasteiger partial charge in [0.1, 0.15) is 0 Å². The molecule has 0 amide bonds. The van der Waals surface area contributed by atoms with Crippen LogP contribution in [0.15, 0.2) is 78.9 Å². The van der Waals surface area contributed by atoms with Crippen LogP contribution in [-0.2, 0) is 6.54 Å². The summed E-state index contributed by atoms with van der Waals surface area (Å²) in [6, 6.07) is 26.3. The molecule has 3 aromatic rings. The molecule has 22 heavy (non-hydrogen) atoms. The Labute approximate surface area is 135 Å². The van der Waals surface area contributed by atoms with Crippen LogP contribution in [0.2, 0.25) is 5.02 Å². The monoisotopic (exact) mass is 308 g/mol. The van der Waals surface area contributed by atoms with E-state index in [1.165, 1.54) is 11.1 Å². The summed E-state index contributed by atoms with van der Waals surface area (Å²) in [4.78, 5) is 0. The number of hydrogen-bond acceptors (Lipinski definition) is 2. The van der Waals surface area contributed by atoms with Crippen LogP contribution in [0.4, 0.5) is 5.69 Å². The molecule has 0 aliphatic heterocycles. The van der Waals surface area contributed by atoms with E-state index in [1.54, 1.807) is 0 Å². The number of rotatable bonds is 5. The second-order valence-corrected chi connectivity index (χ2v) is 5.45. The summed E-state index contributed by atoms with van der Waals surface area (Å²) in [6.45, 7) is 0.720. The Bertz CT molecular complexity index is 741. The largest absolute Gasteiger partial charge is 0.321 e. The Morgan fingerprint density at radius 1 is 0.773 bits per heavy atom. The molecule has 3 aromatic carbocycles. The van der Waals surface area contributed by atoms with Crippen LogP contribution in [0.5, 0.6) is 0 Å². The van der Waals surface area contributed by atoms with Crippen LogP contribution in [0, 0.1) is 0 Å². The van der Waals surface area contributed by atoms with Crippen LogP contribution in [-0.4, -0.2) is 0 Å². The highest BCUT2D eigenvalue weighted by atomic mass is 35.5. The third kappa shape index (κ3) is 3.67. The van der Waals surface area contributed by atoms with Gasteiger partial charge in [-0.3, -0.25) is 0 Å². The Hall–Kier alpha value is -2.29. The van der Waals surface area contributed by atoms with Crippen molar-refractivity contribution in [3.8, 4) is 11.1 Å². The number of hydrogen-bond donors (Lipinski definition) is 2. The SMILES string of the molecule is Clc1cccc(-c2ccccc2CNNc2ccccc2)c1. The lowest BCUT2D eigenvalue weighted by molar-refractivity contribution is 0.803. The van der Waals surface area contributed by atoms with Crippen molar-refractivity contribution in [3.63, 3.8) is 0 Å². The number of para-hydroxylation sites is 1. The van der Waals surface area contributed by atoms with Gasteiger partial charge in [-0.15, -0.1) is 0 Å². The Kier molecular flexibility index (Phi) is 4.74. The first-order chi connectivity index (χ1) is 10.8. The van der Waals surface area contributed by atoms with Gasteiger partial charge in [-0.25, -0.2) is 5.43 Å². The number of halogens is 1. The molecule has 0 saturated carbocycles. The lowest BCUT2D eigenvalue weighted by Gasteiger charge is -2.12. The first kappa shape index (κ1) is 14.6. The van der Waals surface area contributed by atoms with Gasteiger partial charge in [0.25, 0.3) is 0 Å². The third-order valence-corrected chi connectivity index (χ3v) is 3.67. The van der Waals surface area contributed by atoms with E-state index in [4.69, 9.17) is 11.6 Å². The molecular weight excluding hydrogens is 292 g/mol. The Morgan fingerprint density at radius 3 is 2.36 bits per heavy atom. The normalized spacial score (nSPS) is 10.4. The fraction of sp³-hybridized carbons (Fsp3) is 0.0526. The number of benzene rings is 3. The van der Waals surface area contributed by atoms with Gasteiger partial charge in [0, 0.05) is 17.3 Å². The molecule has 0 aromatic heterocycles. The van der Waals surface area contributed by atoms with Crippen molar-refractivity contribution in [1.82, 2.24) is 5.43 Å². The minimum absolute atomic E-state index is 0.720. The van der Waals surface area contributed by atoms with Gasteiger partial charge in [0.2, 0.25) is 0 Å². The zero-order chi connectivity index (χ0) is 15.2. The zero-order valence-corrected chi connectivity index (χ0v) is 12.8. The van der Waals surface area contributed by atoms with Crippen LogP contribution < -0.4 is 10.9 Å². The summed E-state index contributed by atoms with van der Waals surface area (Å²) in [6.07, 6.45) is 0. The highest BCUT2D eigenvalue weighted by molar-refractivity contribution is 6.30. The predicted molar refractivity (Wildman–Crippen MR) is 93.8 cm³/mol. The predicted octanol–water partition coefficient (Wildman–Crippen LogP) is 5.12. The van der Waals surface area contributed by atoms with E-state index in [2.05, 4.69) is 29.1 Å². The molecule has 110 valence electrons. The topological polar surface area (TPSA) is 24.1 Å². The van der Waals surface area contributed by atoms with Crippen LogP contribution in [0.3, 0.4) is 0 Å². The van der Waals surface area contributed by atoms with Crippen molar-refractivity contribution in [2.75, 3.05) is 5.43 Å². The van der Waals surface area contributed by atoms with E-state index in [1.807, 2.05) is 60.7 Å². The van der Waals surface area contributed by atoms with E-state index >= 15 is 0 Å². The summed E-state index contributed by atoms with van der Waals surface area (Å²) >= 11 is 6.10. The van der Waals surface area contributed by atoms with Crippen molar-refractivity contribution in [2.24, 2.45) is 0 Å². The number of anilines is 1. The standard InChI is InChI=1S/C19H17ClN2/c20-17-9-6-8-15(13-17)19-12-5-4-7-16(19)14-21-22-18-10-2-1-3-11-18/h1-13,21-22H,14H2. The van der Waals surface area contributed by atoms with Gasteiger partial charge < -0.3 is 5.43 Å². The lowest BCUT2D eigenvalue weighted by Crippen LogP contribution is -2.21. The van der Waals surface area contributed by atoms with Gasteiger partial charge in [0.15, 0.2) is 0 Å². The minimum atomic E-state index is 0.720. The molecule has 0 bridgehead atoms. The second-order valence-electron chi connectivity index (χ2n) is 5.01. The van der Waals surface area contributed by atoms with Gasteiger partial charge in [-0.1, -0.05) is 66.2 Å². The van der Waals surface area contributed by atoms with E-state index in [9.17, 15) is 0 Å². The molecule has 2 N–H and O–H groups in total. The summed E-state index contributed by atoms with van der Waals surface area (Å²) in [7, 11) is 0. The van der Waals surface area contributed by atoms with E-state index < -0.39 is 0 Å². The number of nitrogens with one attached hydrogen (secondary N) is 2. The molecule has 0 spiro atoms. The fourth-order valence-corrected chi connectivity index (χ4v) is 2.57. The molecule has 0 aliphatic carbocycles. The molecule has 0 unspecified atom stereocenters. The van der Waals surface area contributed by atoms with Crippen LogP contribution in [0.1, 0.15) is 5.56 Å². The number of hydrazine groups is 1. The lowest BCUT2D eigenvalue weighted by atomic mass is 10.00. The van der Waals surface area contributed by atoms with Gasteiger partial charge in [-0.05, 0) is 41.0 Å². The average Bonchev–Trinajstić information content (AvgIpc) is 2.56. The molecule has 3 rings (SSSR count). The molecule has 2 nitrogen and oxygen atoms in total. The first-order valence-electron chi connectivity index (χ1n) is 7.21. The van der Waals surface area contributed by atoms with Crippen molar-refractivity contribution in [3.05, 3.63) is 89.4 Å². The molecule has 0 atom stereocenters. The first-order valence-corrected chi connectivity index (χ1v) is 7.58. The maximum atomic E-state index is 6.10. The van der Waals surface area contributed by atoms with Crippen molar-refractivity contribution in [1.29, 1.82) is 0 Å². The quantitative estimate of drug-likeness (QED) is 0.639. The van der Waals surface area contributed by atoms with Crippen LogP contribution in [0.25, 0.3) is 11.1 Å². The molecule has 0 aliphatic rings. The van der Waals surface area contributed by atoms with Crippen molar-refractivity contribution < 1.29 is 0 Å². The Morgan fingerprint density at radius 2 is 1.55 bits per heavy atom. The maximum Gasteiger partial charge on any atom is 0.0487 e. The molecule has 0 saturated heterocycles. The highest BCUT2D eigenvalue weighted by Crippen LogP contribution is 2.26. The zero-order valence-electron chi connectivity index (χ0n) is 12.1. The molecule has 0 radical (unpaired) electrons. The Balaban J connectivity index is 1.74. The summed E-state index contributed by atoms with van der Waals surface area (Å²) in [5.74, 6) is 0. The third-order valence-electron chi connectivity index (χ3n) is 3.44. The van der Waals surface area contributed by atoms with Gasteiger partial charge >= 0.3 is 0 Å². The molecule has 3 heteroatoms. The smallest absolute Gasteiger partial charge is 0.0487 e. The van der Waals surface area contributed by atoms with Crippen molar-refractivity contribution >= 4 is 17.3 Å². The van der Waals surface area contributed by atoms with E-state index in [0.717, 1.165) is 22.8 Å². The molecular formula is C19H17ClN2. The highest BCUT2D eigenvalue weighted by Gasteiger charge is 2.04. The van der Waals surface area contributed by atoms with Gasteiger partial charge in [-0.2, -0.15) is 0 Å². The molecule has 0 fully saturated rings. The maximum absolute atomic E-state index is 6.10. The minimum Gasteiger partial charge on any atom is -0.321 e. The average molecular weight is 309 g/mol. The molecule has 0 heterocycles. The van der Waals surface area contributed by atoms with Crippen LogP contribution >= 0.6 is 11.6 Å². The summed E-state index contributed by atoms with van der Waals surface area (Å²) < 4.78 is 0. The van der Waals surface area contributed by atoms with E-state index in [0.29, 0.717) is 0 Å². The summed E-state index contributed by atoms with van der Waals surface area (Å²) in [5, 5.41) is 0.752. The second kappa shape index (κ2) is 7.12. The van der Waals surface area contributed by atoms with E-state index in [-0.39, 0.29) is 0 Å². The van der Waals surface area contributed by atoms with Gasteiger partial charge in [0.05, 0.1) is 0 Å². The fourth-order valence-electron chi connectivity index (χ4n) is 2.38. The van der Waals surface area contributed by atoms with Crippen molar-refractivity contribution in [2.45, 2.75) is 6.54 Å².